The molecular formula is C8H14O. The SMILES string of the molecule is C=C1C(C)CCC1CO. The summed E-state index contributed by atoms with van der Waals surface area (Å²) in [5.74, 6) is 1.04. The number of hydrogen-bond acceptors (Lipinski definition) is 1. The monoisotopic (exact) mass is 126 g/mol. The van der Waals surface area contributed by atoms with Crippen LogP contribution in [0.4, 0.5) is 0 Å². The van der Waals surface area contributed by atoms with Gasteiger partial charge in [0.25, 0.3) is 0 Å². The van der Waals surface area contributed by atoms with Gasteiger partial charge in [-0.25, -0.2) is 0 Å². The third-order valence-corrected chi connectivity index (χ3v) is 2.33. The molecule has 0 bridgehead atoms. The van der Waals surface area contributed by atoms with Crippen molar-refractivity contribution in [3.63, 3.8) is 0 Å². The Morgan fingerprint density at radius 1 is 1.67 bits per heavy atom. The van der Waals surface area contributed by atoms with Gasteiger partial charge in [-0.05, 0) is 18.8 Å². The normalized spacial score (nSPS) is 35.6. The van der Waals surface area contributed by atoms with Crippen LogP contribution in [0.3, 0.4) is 0 Å². The Bertz CT molecular complexity index is 118. The van der Waals surface area contributed by atoms with Gasteiger partial charge in [-0.2, -0.15) is 0 Å². The highest BCUT2D eigenvalue weighted by Crippen LogP contribution is 2.34. The average Bonchev–Trinajstić information content (AvgIpc) is 2.15. The third kappa shape index (κ3) is 1.16. The van der Waals surface area contributed by atoms with E-state index < -0.39 is 0 Å². The van der Waals surface area contributed by atoms with E-state index in [2.05, 4.69) is 13.5 Å². The minimum absolute atomic E-state index is 0.295. The van der Waals surface area contributed by atoms with Crippen LogP contribution in [0.1, 0.15) is 19.8 Å². The van der Waals surface area contributed by atoms with Crippen LogP contribution >= 0.6 is 0 Å². The van der Waals surface area contributed by atoms with Crippen molar-refractivity contribution in [1.82, 2.24) is 0 Å². The zero-order valence-electron chi connectivity index (χ0n) is 5.93. The molecule has 0 radical (unpaired) electrons. The summed E-state index contributed by atoms with van der Waals surface area (Å²) in [5, 5.41) is 8.79. The molecule has 0 aliphatic heterocycles. The largest absolute Gasteiger partial charge is 0.396 e. The molecule has 1 aliphatic rings. The molecular weight excluding hydrogens is 112 g/mol. The Morgan fingerprint density at radius 2 is 2.33 bits per heavy atom. The molecule has 0 aromatic rings. The fraction of sp³-hybridized carbons (Fsp3) is 0.750. The van der Waals surface area contributed by atoms with E-state index in [0.717, 1.165) is 6.42 Å². The van der Waals surface area contributed by atoms with Crippen molar-refractivity contribution in [2.24, 2.45) is 11.8 Å². The topological polar surface area (TPSA) is 20.2 Å². The van der Waals surface area contributed by atoms with Gasteiger partial charge in [0.1, 0.15) is 0 Å². The van der Waals surface area contributed by atoms with E-state index in [-0.39, 0.29) is 0 Å². The second-order valence-corrected chi connectivity index (χ2v) is 2.93. The Balaban J connectivity index is 2.51. The Hall–Kier alpha value is -0.300. The van der Waals surface area contributed by atoms with E-state index in [9.17, 15) is 0 Å². The second-order valence-electron chi connectivity index (χ2n) is 2.93. The minimum atomic E-state index is 0.295. The van der Waals surface area contributed by atoms with Crippen molar-refractivity contribution in [1.29, 1.82) is 0 Å². The lowest BCUT2D eigenvalue weighted by molar-refractivity contribution is 0.249. The van der Waals surface area contributed by atoms with Crippen LogP contribution in [0.2, 0.25) is 0 Å². The predicted octanol–water partition coefficient (Wildman–Crippen LogP) is 1.58. The third-order valence-electron chi connectivity index (χ3n) is 2.33. The lowest BCUT2D eigenvalue weighted by atomic mass is 10.0. The fourth-order valence-corrected chi connectivity index (χ4v) is 1.43. The smallest absolute Gasteiger partial charge is 0.0496 e. The first-order valence-corrected chi connectivity index (χ1v) is 3.55. The molecule has 1 saturated carbocycles. The van der Waals surface area contributed by atoms with E-state index in [1.165, 1.54) is 12.0 Å². The summed E-state index contributed by atoms with van der Waals surface area (Å²) in [4.78, 5) is 0. The molecule has 1 rings (SSSR count). The molecule has 1 N–H and O–H groups in total. The van der Waals surface area contributed by atoms with Crippen LogP contribution < -0.4 is 0 Å². The summed E-state index contributed by atoms with van der Waals surface area (Å²) < 4.78 is 0. The van der Waals surface area contributed by atoms with Crippen LogP contribution in [0.15, 0.2) is 12.2 Å². The van der Waals surface area contributed by atoms with Crippen LogP contribution in [0, 0.1) is 11.8 Å². The number of aliphatic hydroxyl groups is 1. The van der Waals surface area contributed by atoms with Crippen LogP contribution in [0.25, 0.3) is 0 Å². The van der Waals surface area contributed by atoms with Crippen LogP contribution in [-0.2, 0) is 0 Å². The van der Waals surface area contributed by atoms with Gasteiger partial charge in [0.15, 0.2) is 0 Å². The first-order valence-electron chi connectivity index (χ1n) is 3.55. The highest BCUT2D eigenvalue weighted by molar-refractivity contribution is 5.09. The van der Waals surface area contributed by atoms with E-state index >= 15 is 0 Å². The molecule has 0 spiro atoms. The predicted molar refractivity (Wildman–Crippen MR) is 38.1 cm³/mol. The maximum Gasteiger partial charge on any atom is 0.0496 e. The van der Waals surface area contributed by atoms with Gasteiger partial charge < -0.3 is 5.11 Å². The second kappa shape index (κ2) is 2.53. The van der Waals surface area contributed by atoms with Gasteiger partial charge in [-0.1, -0.05) is 19.1 Å². The van der Waals surface area contributed by atoms with E-state index in [1.54, 1.807) is 0 Å². The molecule has 52 valence electrons. The lowest BCUT2D eigenvalue weighted by Crippen LogP contribution is -2.02. The van der Waals surface area contributed by atoms with Crippen molar-refractivity contribution in [3.8, 4) is 0 Å². The summed E-state index contributed by atoms with van der Waals surface area (Å²) in [7, 11) is 0. The quantitative estimate of drug-likeness (QED) is 0.529. The zero-order valence-corrected chi connectivity index (χ0v) is 5.93. The standard InChI is InChI=1S/C8H14O/c1-6-3-4-8(5-9)7(6)2/h6,8-9H,2-5H2,1H3. The van der Waals surface area contributed by atoms with Crippen molar-refractivity contribution in [2.75, 3.05) is 6.61 Å². The number of rotatable bonds is 1. The first-order chi connectivity index (χ1) is 4.25. The first kappa shape index (κ1) is 6.81. The molecule has 1 heteroatoms. The average molecular weight is 126 g/mol. The summed E-state index contributed by atoms with van der Waals surface area (Å²) in [6.45, 7) is 6.40. The van der Waals surface area contributed by atoms with Gasteiger partial charge in [0.2, 0.25) is 0 Å². The zero-order chi connectivity index (χ0) is 6.85. The molecule has 0 aromatic carbocycles. The van der Waals surface area contributed by atoms with Gasteiger partial charge in [0, 0.05) is 12.5 Å². The Morgan fingerprint density at radius 3 is 2.56 bits per heavy atom. The maximum atomic E-state index is 8.79. The van der Waals surface area contributed by atoms with E-state index in [1.807, 2.05) is 0 Å². The highest BCUT2D eigenvalue weighted by Gasteiger charge is 2.24. The van der Waals surface area contributed by atoms with E-state index in [0.29, 0.717) is 18.4 Å². The summed E-state index contributed by atoms with van der Waals surface area (Å²) >= 11 is 0. The van der Waals surface area contributed by atoms with Crippen molar-refractivity contribution >= 4 is 0 Å². The Labute approximate surface area is 56.4 Å². The molecule has 0 heterocycles. The highest BCUT2D eigenvalue weighted by atomic mass is 16.3. The molecule has 2 unspecified atom stereocenters. The number of aliphatic hydroxyl groups excluding tert-OH is 1. The summed E-state index contributed by atoms with van der Waals surface area (Å²) in [5.41, 5.74) is 1.25. The summed E-state index contributed by atoms with van der Waals surface area (Å²) in [6, 6.07) is 0. The van der Waals surface area contributed by atoms with Gasteiger partial charge in [-0.3, -0.25) is 0 Å². The molecule has 2 atom stereocenters. The van der Waals surface area contributed by atoms with Crippen molar-refractivity contribution < 1.29 is 5.11 Å². The Kier molecular flexibility index (Phi) is 1.91. The van der Waals surface area contributed by atoms with Crippen molar-refractivity contribution in [2.45, 2.75) is 19.8 Å². The van der Waals surface area contributed by atoms with Crippen LogP contribution in [0.5, 0.6) is 0 Å². The molecule has 1 aliphatic carbocycles. The molecule has 1 fully saturated rings. The fourth-order valence-electron chi connectivity index (χ4n) is 1.43. The number of hydrogen-bond donors (Lipinski definition) is 1. The van der Waals surface area contributed by atoms with Crippen LogP contribution in [-0.4, -0.2) is 11.7 Å². The molecule has 0 aromatic heterocycles. The summed E-state index contributed by atoms with van der Waals surface area (Å²) in [6.07, 6.45) is 2.35. The van der Waals surface area contributed by atoms with E-state index in [4.69, 9.17) is 5.11 Å². The molecule has 0 amide bonds. The molecule has 1 nitrogen and oxygen atoms in total. The molecule has 9 heavy (non-hydrogen) atoms. The lowest BCUT2D eigenvalue weighted by Gasteiger charge is -2.07. The minimum Gasteiger partial charge on any atom is -0.396 e. The van der Waals surface area contributed by atoms with Crippen molar-refractivity contribution in [3.05, 3.63) is 12.2 Å². The van der Waals surface area contributed by atoms with Gasteiger partial charge >= 0.3 is 0 Å². The van der Waals surface area contributed by atoms with Gasteiger partial charge in [-0.15, -0.1) is 0 Å². The van der Waals surface area contributed by atoms with Gasteiger partial charge in [0.05, 0.1) is 0 Å². The maximum absolute atomic E-state index is 8.79. The molecule has 0 saturated heterocycles.